The molecule has 0 fully saturated rings. The van der Waals surface area contributed by atoms with E-state index < -0.39 is 0 Å². The summed E-state index contributed by atoms with van der Waals surface area (Å²) < 4.78 is 0.943. The monoisotopic (exact) mass is 331 g/mol. The largest absolute Gasteiger partial charge is 0.322 e. The molecule has 0 saturated heterocycles. The highest BCUT2D eigenvalue weighted by molar-refractivity contribution is 9.10. The highest BCUT2D eigenvalue weighted by Gasteiger charge is 2.14. The molecule has 2 aromatic carbocycles. The Kier molecular flexibility index (Phi) is 4.29. The van der Waals surface area contributed by atoms with Crippen molar-refractivity contribution in [2.45, 2.75) is 26.2 Å². The number of rotatable bonds is 2. The Morgan fingerprint density at radius 2 is 1.70 bits per heavy atom. The number of halogens is 1. The zero-order valence-corrected chi connectivity index (χ0v) is 13.5. The zero-order valence-electron chi connectivity index (χ0n) is 11.9. The SMILES string of the molecule is CC(C)(C)c1ccc(C(=O)Nc2cccc(Br)c2)cc1. The maximum Gasteiger partial charge on any atom is 0.255 e. The molecule has 0 radical (unpaired) electrons. The quantitative estimate of drug-likeness (QED) is 0.824. The lowest BCUT2D eigenvalue weighted by molar-refractivity contribution is 0.102. The van der Waals surface area contributed by atoms with Crippen LogP contribution in [0, 0.1) is 0 Å². The Bertz CT molecular complexity index is 612. The number of carbonyl (C=O) groups is 1. The first-order valence-electron chi connectivity index (χ1n) is 6.54. The summed E-state index contributed by atoms with van der Waals surface area (Å²) in [6, 6.07) is 15.3. The normalized spacial score (nSPS) is 11.2. The summed E-state index contributed by atoms with van der Waals surface area (Å²) in [6.45, 7) is 6.47. The van der Waals surface area contributed by atoms with Gasteiger partial charge in [0.05, 0.1) is 0 Å². The summed E-state index contributed by atoms with van der Waals surface area (Å²) in [5.74, 6) is -0.0939. The molecule has 0 aliphatic carbocycles. The van der Waals surface area contributed by atoms with E-state index in [1.165, 1.54) is 5.56 Å². The van der Waals surface area contributed by atoms with E-state index in [1.807, 2.05) is 48.5 Å². The number of benzene rings is 2. The minimum atomic E-state index is -0.0939. The number of hydrogen-bond acceptors (Lipinski definition) is 1. The first-order valence-corrected chi connectivity index (χ1v) is 7.33. The molecule has 3 heteroatoms. The van der Waals surface area contributed by atoms with E-state index >= 15 is 0 Å². The van der Waals surface area contributed by atoms with Gasteiger partial charge in [0.1, 0.15) is 0 Å². The van der Waals surface area contributed by atoms with Gasteiger partial charge in [-0.1, -0.05) is 54.9 Å². The van der Waals surface area contributed by atoms with Gasteiger partial charge < -0.3 is 5.32 Å². The first kappa shape index (κ1) is 14.8. The standard InChI is InChI=1S/C17H18BrNO/c1-17(2,3)13-9-7-12(8-10-13)16(20)19-15-6-4-5-14(18)11-15/h4-11H,1-3H3,(H,19,20). The van der Waals surface area contributed by atoms with Crippen molar-refractivity contribution in [1.29, 1.82) is 0 Å². The Morgan fingerprint density at radius 1 is 1.05 bits per heavy atom. The van der Waals surface area contributed by atoms with Gasteiger partial charge in [-0.2, -0.15) is 0 Å². The van der Waals surface area contributed by atoms with Crippen molar-refractivity contribution in [2.24, 2.45) is 0 Å². The average Bonchev–Trinajstić information content (AvgIpc) is 2.38. The summed E-state index contributed by atoms with van der Waals surface area (Å²) in [6.07, 6.45) is 0. The number of anilines is 1. The van der Waals surface area contributed by atoms with Crippen molar-refractivity contribution in [2.75, 3.05) is 5.32 Å². The van der Waals surface area contributed by atoms with Crippen molar-refractivity contribution in [3.8, 4) is 0 Å². The number of nitrogens with one attached hydrogen (secondary N) is 1. The van der Waals surface area contributed by atoms with Gasteiger partial charge in [-0.05, 0) is 41.3 Å². The van der Waals surface area contributed by atoms with Crippen molar-refractivity contribution in [3.05, 3.63) is 64.1 Å². The molecule has 20 heavy (non-hydrogen) atoms. The predicted octanol–water partition coefficient (Wildman–Crippen LogP) is 5.00. The fourth-order valence-electron chi connectivity index (χ4n) is 1.89. The lowest BCUT2D eigenvalue weighted by Gasteiger charge is -2.19. The molecule has 0 bridgehead atoms. The van der Waals surface area contributed by atoms with E-state index in [1.54, 1.807) is 0 Å². The van der Waals surface area contributed by atoms with E-state index in [0.717, 1.165) is 10.2 Å². The molecule has 0 spiro atoms. The minimum absolute atomic E-state index is 0.0939. The molecule has 2 nitrogen and oxygen atoms in total. The molecule has 0 aromatic heterocycles. The molecular formula is C17H18BrNO. The Morgan fingerprint density at radius 3 is 2.25 bits per heavy atom. The van der Waals surface area contributed by atoms with E-state index in [-0.39, 0.29) is 11.3 Å². The molecule has 2 rings (SSSR count). The highest BCUT2D eigenvalue weighted by Crippen LogP contribution is 2.22. The van der Waals surface area contributed by atoms with Crippen LogP contribution < -0.4 is 5.32 Å². The van der Waals surface area contributed by atoms with Crippen LogP contribution >= 0.6 is 15.9 Å². The van der Waals surface area contributed by atoms with Gasteiger partial charge in [0.15, 0.2) is 0 Å². The van der Waals surface area contributed by atoms with Crippen LogP contribution in [0.1, 0.15) is 36.7 Å². The van der Waals surface area contributed by atoms with E-state index in [0.29, 0.717) is 5.56 Å². The fraction of sp³-hybridized carbons (Fsp3) is 0.235. The highest BCUT2D eigenvalue weighted by atomic mass is 79.9. The molecule has 0 aliphatic rings. The molecule has 0 atom stereocenters. The van der Waals surface area contributed by atoms with Crippen LogP contribution in [0.2, 0.25) is 0 Å². The molecule has 104 valence electrons. The number of carbonyl (C=O) groups excluding carboxylic acids is 1. The zero-order chi connectivity index (χ0) is 14.8. The Labute approximate surface area is 128 Å². The average molecular weight is 332 g/mol. The van der Waals surface area contributed by atoms with Crippen molar-refractivity contribution >= 4 is 27.5 Å². The fourth-order valence-corrected chi connectivity index (χ4v) is 2.29. The first-order chi connectivity index (χ1) is 9.36. The second kappa shape index (κ2) is 5.80. The lowest BCUT2D eigenvalue weighted by atomic mass is 9.87. The molecule has 0 saturated carbocycles. The van der Waals surface area contributed by atoms with Crippen LogP contribution in [0.5, 0.6) is 0 Å². The summed E-state index contributed by atoms with van der Waals surface area (Å²) in [7, 11) is 0. The summed E-state index contributed by atoms with van der Waals surface area (Å²) in [4.78, 5) is 12.2. The van der Waals surface area contributed by atoms with Crippen LogP contribution in [-0.2, 0) is 5.41 Å². The van der Waals surface area contributed by atoms with Crippen molar-refractivity contribution in [3.63, 3.8) is 0 Å². The molecule has 0 aliphatic heterocycles. The van der Waals surface area contributed by atoms with Gasteiger partial charge >= 0.3 is 0 Å². The van der Waals surface area contributed by atoms with Crippen LogP contribution in [-0.4, -0.2) is 5.91 Å². The topological polar surface area (TPSA) is 29.1 Å². The van der Waals surface area contributed by atoms with Crippen LogP contribution in [0.15, 0.2) is 53.0 Å². The predicted molar refractivity (Wildman–Crippen MR) is 87.2 cm³/mol. The minimum Gasteiger partial charge on any atom is -0.322 e. The second-order valence-corrected chi connectivity index (χ2v) is 6.71. The Hall–Kier alpha value is -1.61. The molecule has 1 amide bonds. The third kappa shape index (κ3) is 3.70. The third-order valence-electron chi connectivity index (χ3n) is 3.10. The van der Waals surface area contributed by atoms with Crippen LogP contribution in [0.3, 0.4) is 0 Å². The maximum absolute atomic E-state index is 12.2. The van der Waals surface area contributed by atoms with E-state index in [4.69, 9.17) is 0 Å². The van der Waals surface area contributed by atoms with Crippen molar-refractivity contribution < 1.29 is 4.79 Å². The molecule has 1 N–H and O–H groups in total. The van der Waals surface area contributed by atoms with Gasteiger partial charge in [0, 0.05) is 15.7 Å². The van der Waals surface area contributed by atoms with Gasteiger partial charge in [0.2, 0.25) is 0 Å². The maximum atomic E-state index is 12.2. The summed E-state index contributed by atoms with van der Waals surface area (Å²) in [5.41, 5.74) is 2.76. The third-order valence-corrected chi connectivity index (χ3v) is 3.59. The van der Waals surface area contributed by atoms with Crippen LogP contribution in [0.4, 0.5) is 5.69 Å². The van der Waals surface area contributed by atoms with Crippen molar-refractivity contribution in [1.82, 2.24) is 0 Å². The summed E-state index contributed by atoms with van der Waals surface area (Å²) in [5, 5.41) is 2.89. The van der Waals surface area contributed by atoms with Crippen LogP contribution in [0.25, 0.3) is 0 Å². The van der Waals surface area contributed by atoms with E-state index in [2.05, 4.69) is 42.0 Å². The van der Waals surface area contributed by atoms with Gasteiger partial charge in [0.25, 0.3) is 5.91 Å². The lowest BCUT2D eigenvalue weighted by Crippen LogP contribution is -2.14. The number of hydrogen-bond donors (Lipinski definition) is 1. The summed E-state index contributed by atoms with van der Waals surface area (Å²) >= 11 is 3.39. The number of amides is 1. The van der Waals surface area contributed by atoms with Gasteiger partial charge in [-0.25, -0.2) is 0 Å². The second-order valence-electron chi connectivity index (χ2n) is 5.79. The van der Waals surface area contributed by atoms with E-state index in [9.17, 15) is 4.79 Å². The van der Waals surface area contributed by atoms with Gasteiger partial charge in [-0.3, -0.25) is 4.79 Å². The smallest absolute Gasteiger partial charge is 0.255 e. The molecular weight excluding hydrogens is 314 g/mol. The molecule has 0 unspecified atom stereocenters. The molecule has 0 heterocycles. The Balaban J connectivity index is 2.14. The van der Waals surface area contributed by atoms with Gasteiger partial charge in [-0.15, -0.1) is 0 Å². The molecule has 2 aromatic rings.